The van der Waals surface area contributed by atoms with Crippen molar-refractivity contribution in [3.8, 4) is 5.69 Å². The lowest BCUT2D eigenvalue weighted by Gasteiger charge is -2.25. The molecule has 3 aromatic heterocycles. The maximum atomic E-state index is 13.1. The lowest BCUT2D eigenvalue weighted by atomic mass is 9.93. The van der Waals surface area contributed by atoms with Crippen molar-refractivity contribution in [2.75, 3.05) is 5.32 Å². The predicted molar refractivity (Wildman–Crippen MR) is 134 cm³/mol. The molecular formula is C26H30N6O4. The van der Waals surface area contributed by atoms with Crippen LogP contribution in [0.3, 0.4) is 0 Å². The monoisotopic (exact) mass is 490 g/mol. The van der Waals surface area contributed by atoms with Gasteiger partial charge in [0.2, 0.25) is 0 Å². The summed E-state index contributed by atoms with van der Waals surface area (Å²) in [6.07, 6.45) is 8.15. The number of pyridine rings is 1. The van der Waals surface area contributed by atoms with E-state index in [-0.39, 0.29) is 17.8 Å². The van der Waals surface area contributed by atoms with Gasteiger partial charge in [0.25, 0.3) is 5.69 Å². The smallest absolute Gasteiger partial charge is 0.321 e. The number of aryl methyl sites for hydroxylation is 1. The fourth-order valence-electron chi connectivity index (χ4n) is 4.61. The van der Waals surface area contributed by atoms with Crippen molar-refractivity contribution >= 4 is 22.5 Å². The van der Waals surface area contributed by atoms with E-state index in [1.54, 1.807) is 50.0 Å². The van der Waals surface area contributed by atoms with E-state index in [1.165, 1.54) is 6.07 Å². The maximum Gasteiger partial charge on any atom is 0.321 e. The molecule has 1 saturated carbocycles. The number of carbonyl (C=O) groups excluding carboxylic acids is 1. The van der Waals surface area contributed by atoms with E-state index in [2.05, 4.69) is 10.4 Å². The fourth-order valence-corrected chi connectivity index (χ4v) is 4.61. The SMILES string of the molecule is Cc1cccc(C(=O)Nc2cc3cn(C4CCC(O)CC4)nc3cc2-n2cc(C(C)(C)O)cn2)[n+]1[O-]. The number of amides is 1. The number of rotatable bonds is 5. The summed E-state index contributed by atoms with van der Waals surface area (Å²) in [6.45, 7) is 4.99. The minimum Gasteiger partial charge on any atom is -0.618 e. The summed E-state index contributed by atoms with van der Waals surface area (Å²) in [5, 5.41) is 45.6. The fraction of sp³-hybridized carbons (Fsp3) is 0.385. The van der Waals surface area contributed by atoms with Gasteiger partial charge >= 0.3 is 5.91 Å². The third-order valence-corrected chi connectivity index (χ3v) is 6.83. The Bertz CT molecular complexity index is 1430. The van der Waals surface area contributed by atoms with Crippen LogP contribution < -0.4 is 10.0 Å². The molecule has 0 bridgehead atoms. The van der Waals surface area contributed by atoms with Gasteiger partial charge in [-0.2, -0.15) is 14.9 Å². The molecule has 1 aromatic carbocycles. The van der Waals surface area contributed by atoms with Crippen LogP contribution >= 0.6 is 0 Å². The van der Waals surface area contributed by atoms with E-state index in [4.69, 9.17) is 5.10 Å². The van der Waals surface area contributed by atoms with E-state index < -0.39 is 11.5 Å². The van der Waals surface area contributed by atoms with Gasteiger partial charge in [0.05, 0.1) is 40.8 Å². The van der Waals surface area contributed by atoms with E-state index >= 15 is 0 Å². The summed E-state index contributed by atoms with van der Waals surface area (Å²) < 4.78 is 4.12. The van der Waals surface area contributed by atoms with E-state index in [0.29, 0.717) is 27.4 Å². The molecule has 0 atom stereocenters. The number of nitrogens with one attached hydrogen (secondary N) is 1. The Labute approximate surface area is 208 Å². The second kappa shape index (κ2) is 9.03. The maximum absolute atomic E-state index is 13.1. The van der Waals surface area contributed by atoms with Crippen LogP contribution in [0.1, 0.15) is 67.3 Å². The Morgan fingerprint density at radius 1 is 1.19 bits per heavy atom. The van der Waals surface area contributed by atoms with Crippen molar-refractivity contribution in [1.29, 1.82) is 0 Å². The Balaban J connectivity index is 1.57. The molecule has 3 heterocycles. The molecule has 1 fully saturated rings. The van der Waals surface area contributed by atoms with Crippen LogP contribution in [0.2, 0.25) is 0 Å². The van der Waals surface area contributed by atoms with Gasteiger partial charge in [-0.25, -0.2) is 4.68 Å². The standard InChI is InChI=1S/C26H30N6O4/c1-16-5-4-6-23(32(16)36)25(34)28-22-11-17-14-30(19-7-9-20(33)10-8-19)29-21(17)12-24(22)31-15-18(13-27-31)26(2,3)35/h4-6,11-15,19-20,33,35H,7-10H2,1-3H3,(H,28,34). The Morgan fingerprint density at radius 2 is 1.94 bits per heavy atom. The molecule has 0 unspecified atom stereocenters. The van der Waals surface area contributed by atoms with E-state index in [0.717, 1.165) is 36.6 Å². The molecule has 1 aliphatic rings. The minimum absolute atomic E-state index is 0.0184. The second-order valence-electron chi connectivity index (χ2n) is 10.0. The zero-order valence-electron chi connectivity index (χ0n) is 20.5. The Morgan fingerprint density at radius 3 is 2.64 bits per heavy atom. The minimum atomic E-state index is -1.09. The molecule has 10 nitrogen and oxygen atoms in total. The quantitative estimate of drug-likeness (QED) is 0.291. The molecule has 4 aromatic rings. The van der Waals surface area contributed by atoms with E-state index in [9.17, 15) is 20.2 Å². The number of aromatic nitrogens is 5. The van der Waals surface area contributed by atoms with Gasteiger partial charge in [-0.1, -0.05) is 0 Å². The van der Waals surface area contributed by atoms with Crippen molar-refractivity contribution in [3.63, 3.8) is 0 Å². The third kappa shape index (κ3) is 4.57. The average Bonchev–Trinajstić information content (AvgIpc) is 3.48. The van der Waals surface area contributed by atoms with Crippen LogP contribution in [0.25, 0.3) is 16.6 Å². The van der Waals surface area contributed by atoms with Crippen molar-refractivity contribution in [2.45, 2.75) is 64.2 Å². The first kappa shape index (κ1) is 24.0. The van der Waals surface area contributed by atoms with Crippen LogP contribution in [0.4, 0.5) is 5.69 Å². The molecule has 0 aliphatic heterocycles. The first-order chi connectivity index (χ1) is 17.1. The van der Waals surface area contributed by atoms with Crippen molar-refractivity contribution < 1.29 is 19.7 Å². The highest BCUT2D eigenvalue weighted by Crippen LogP contribution is 2.32. The van der Waals surface area contributed by atoms with E-state index in [1.807, 2.05) is 23.0 Å². The predicted octanol–water partition coefficient (Wildman–Crippen LogP) is 3.12. The van der Waals surface area contributed by atoms with Gasteiger partial charge in [-0.05, 0) is 57.7 Å². The number of benzene rings is 1. The average molecular weight is 491 g/mol. The molecule has 5 rings (SSSR count). The molecule has 0 saturated heterocycles. The molecular weight excluding hydrogens is 460 g/mol. The first-order valence-corrected chi connectivity index (χ1v) is 12.1. The number of hydrogen-bond donors (Lipinski definition) is 3. The molecule has 3 N–H and O–H groups in total. The number of aliphatic hydroxyl groups excluding tert-OH is 1. The molecule has 188 valence electrons. The van der Waals surface area contributed by atoms with Gasteiger partial charge in [-0.15, -0.1) is 0 Å². The van der Waals surface area contributed by atoms with Gasteiger partial charge < -0.3 is 20.7 Å². The lowest BCUT2D eigenvalue weighted by Crippen LogP contribution is -2.39. The van der Waals surface area contributed by atoms with Gasteiger partial charge in [-0.3, -0.25) is 9.48 Å². The molecule has 1 aliphatic carbocycles. The summed E-state index contributed by atoms with van der Waals surface area (Å²) in [5.74, 6) is -0.544. The summed E-state index contributed by atoms with van der Waals surface area (Å²) in [4.78, 5) is 13.1. The van der Waals surface area contributed by atoms with Crippen LogP contribution in [-0.4, -0.2) is 41.8 Å². The number of nitrogens with zero attached hydrogens (tertiary/aromatic N) is 5. The number of hydrogen-bond acceptors (Lipinski definition) is 6. The molecule has 36 heavy (non-hydrogen) atoms. The number of anilines is 1. The van der Waals surface area contributed by atoms with Gasteiger partial charge in [0.15, 0.2) is 5.69 Å². The summed E-state index contributed by atoms with van der Waals surface area (Å²) >= 11 is 0. The first-order valence-electron chi connectivity index (χ1n) is 12.1. The van der Waals surface area contributed by atoms with Crippen molar-refractivity contribution in [2.24, 2.45) is 0 Å². The van der Waals surface area contributed by atoms with Crippen molar-refractivity contribution in [1.82, 2.24) is 19.6 Å². The number of aliphatic hydroxyl groups is 2. The Hall–Kier alpha value is -3.76. The largest absolute Gasteiger partial charge is 0.618 e. The molecule has 10 heteroatoms. The second-order valence-corrected chi connectivity index (χ2v) is 10.0. The van der Waals surface area contributed by atoms with Crippen molar-refractivity contribution in [3.05, 3.63) is 71.1 Å². The highest BCUT2D eigenvalue weighted by atomic mass is 16.5. The zero-order valence-corrected chi connectivity index (χ0v) is 20.5. The summed E-state index contributed by atoms with van der Waals surface area (Å²) in [5.41, 5.74) is 1.66. The number of fused-ring (bicyclic) bond motifs is 1. The topological polar surface area (TPSA) is 132 Å². The van der Waals surface area contributed by atoms with Crippen LogP contribution in [0.5, 0.6) is 0 Å². The zero-order chi connectivity index (χ0) is 25.6. The molecule has 0 spiro atoms. The van der Waals surface area contributed by atoms with Gasteiger partial charge in [0.1, 0.15) is 0 Å². The highest BCUT2D eigenvalue weighted by molar-refractivity contribution is 6.04. The lowest BCUT2D eigenvalue weighted by molar-refractivity contribution is -0.614. The summed E-state index contributed by atoms with van der Waals surface area (Å²) in [6, 6.07) is 8.63. The normalized spacial score (nSPS) is 18.5. The Kier molecular flexibility index (Phi) is 6.01. The molecule has 0 radical (unpaired) electrons. The van der Waals surface area contributed by atoms with Gasteiger partial charge in [0, 0.05) is 42.4 Å². The summed E-state index contributed by atoms with van der Waals surface area (Å²) in [7, 11) is 0. The van der Waals surface area contributed by atoms with Crippen LogP contribution in [-0.2, 0) is 5.60 Å². The number of carbonyl (C=O) groups is 1. The van der Waals surface area contributed by atoms with Crippen LogP contribution in [0, 0.1) is 12.1 Å². The van der Waals surface area contributed by atoms with Crippen LogP contribution in [0.15, 0.2) is 48.9 Å². The third-order valence-electron chi connectivity index (χ3n) is 6.83. The highest BCUT2D eigenvalue weighted by Gasteiger charge is 2.24. The molecule has 1 amide bonds.